The van der Waals surface area contributed by atoms with Crippen molar-refractivity contribution in [3.63, 3.8) is 0 Å². The minimum absolute atomic E-state index is 0.0277. The monoisotopic (exact) mass is 342 g/mol. The quantitative estimate of drug-likeness (QED) is 0.800. The summed E-state index contributed by atoms with van der Waals surface area (Å²) in [5.41, 5.74) is 0.983. The molecule has 0 spiro atoms. The molecule has 3 rings (SSSR count). The van der Waals surface area contributed by atoms with Gasteiger partial charge in [-0.3, -0.25) is 9.69 Å². The SMILES string of the molecule is CCOc1ccc(CC(=O)NCC(c2ccco2)N2CCCC2)cc1. The molecule has 5 heteroatoms. The van der Waals surface area contributed by atoms with Crippen LogP contribution in [0.3, 0.4) is 0 Å². The number of nitrogens with one attached hydrogen (secondary N) is 1. The van der Waals surface area contributed by atoms with Gasteiger partial charge in [0.25, 0.3) is 0 Å². The van der Waals surface area contributed by atoms with Gasteiger partial charge < -0.3 is 14.5 Å². The first-order valence-electron chi connectivity index (χ1n) is 9.02. The van der Waals surface area contributed by atoms with Gasteiger partial charge in [0.1, 0.15) is 11.5 Å². The lowest BCUT2D eigenvalue weighted by molar-refractivity contribution is -0.120. The van der Waals surface area contributed by atoms with Crippen molar-refractivity contribution in [3.05, 3.63) is 54.0 Å². The Morgan fingerprint density at radius 2 is 2.00 bits per heavy atom. The van der Waals surface area contributed by atoms with E-state index in [9.17, 15) is 4.79 Å². The smallest absolute Gasteiger partial charge is 0.224 e. The van der Waals surface area contributed by atoms with Gasteiger partial charge in [0.2, 0.25) is 5.91 Å². The number of amides is 1. The van der Waals surface area contributed by atoms with Crippen molar-refractivity contribution in [3.8, 4) is 5.75 Å². The van der Waals surface area contributed by atoms with Gasteiger partial charge >= 0.3 is 0 Å². The van der Waals surface area contributed by atoms with Crippen molar-refractivity contribution in [1.29, 1.82) is 0 Å². The van der Waals surface area contributed by atoms with Crippen LogP contribution in [0.5, 0.6) is 5.75 Å². The van der Waals surface area contributed by atoms with Crippen molar-refractivity contribution in [2.45, 2.75) is 32.2 Å². The van der Waals surface area contributed by atoms with E-state index in [1.54, 1.807) is 6.26 Å². The van der Waals surface area contributed by atoms with Crippen LogP contribution in [0.4, 0.5) is 0 Å². The molecule has 1 atom stereocenters. The van der Waals surface area contributed by atoms with Crippen molar-refractivity contribution in [1.82, 2.24) is 10.2 Å². The Hall–Kier alpha value is -2.27. The molecule has 1 aliphatic heterocycles. The van der Waals surface area contributed by atoms with Gasteiger partial charge in [-0.05, 0) is 62.7 Å². The van der Waals surface area contributed by atoms with Crippen LogP contribution in [0.2, 0.25) is 0 Å². The van der Waals surface area contributed by atoms with Gasteiger partial charge in [0.15, 0.2) is 0 Å². The van der Waals surface area contributed by atoms with E-state index in [1.165, 1.54) is 12.8 Å². The lowest BCUT2D eigenvalue weighted by Gasteiger charge is -2.26. The van der Waals surface area contributed by atoms with Crippen molar-refractivity contribution < 1.29 is 13.9 Å². The lowest BCUT2D eigenvalue weighted by atomic mass is 10.1. The summed E-state index contributed by atoms with van der Waals surface area (Å²) >= 11 is 0. The Morgan fingerprint density at radius 1 is 1.24 bits per heavy atom. The zero-order valence-corrected chi connectivity index (χ0v) is 14.7. The summed E-state index contributed by atoms with van der Waals surface area (Å²) in [4.78, 5) is 14.7. The minimum atomic E-state index is 0.0277. The molecule has 2 aromatic rings. The van der Waals surface area contributed by atoms with E-state index in [4.69, 9.17) is 9.15 Å². The van der Waals surface area contributed by atoms with E-state index in [2.05, 4.69) is 10.2 Å². The molecule has 1 aliphatic rings. The highest BCUT2D eigenvalue weighted by Crippen LogP contribution is 2.24. The van der Waals surface area contributed by atoms with E-state index in [1.807, 2.05) is 43.3 Å². The molecule has 1 amide bonds. The van der Waals surface area contributed by atoms with E-state index < -0.39 is 0 Å². The molecular weight excluding hydrogens is 316 g/mol. The van der Waals surface area contributed by atoms with Crippen LogP contribution in [0.25, 0.3) is 0 Å². The fourth-order valence-electron chi connectivity index (χ4n) is 3.27. The lowest BCUT2D eigenvalue weighted by Crippen LogP contribution is -2.37. The predicted molar refractivity (Wildman–Crippen MR) is 96.6 cm³/mol. The van der Waals surface area contributed by atoms with Crippen LogP contribution in [0, 0.1) is 0 Å². The first kappa shape index (κ1) is 17.5. The summed E-state index contributed by atoms with van der Waals surface area (Å²) in [6.45, 7) is 5.28. The molecule has 0 saturated carbocycles. The molecule has 1 unspecified atom stereocenters. The van der Waals surface area contributed by atoms with Crippen molar-refractivity contribution in [2.75, 3.05) is 26.2 Å². The normalized spacial score (nSPS) is 15.9. The van der Waals surface area contributed by atoms with Crippen LogP contribution >= 0.6 is 0 Å². The topological polar surface area (TPSA) is 54.7 Å². The minimum Gasteiger partial charge on any atom is -0.494 e. The van der Waals surface area contributed by atoms with Gasteiger partial charge in [-0.2, -0.15) is 0 Å². The van der Waals surface area contributed by atoms with Gasteiger partial charge in [-0.1, -0.05) is 12.1 Å². The van der Waals surface area contributed by atoms with E-state index in [-0.39, 0.29) is 11.9 Å². The Labute approximate surface area is 149 Å². The van der Waals surface area contributed by atoms with Crippen LogP contribution in [0.15, 0.2) is 47.1 Å². The van der Waals surface area contributed by atoms with Gasteiger partial charge in [0.05, 0.1) is 25.3 Å². The Kier molecular flexibility index (Phi) is 6.12. The maximum Gasteiger partial charge on any atom is 0.224 e. The Balaban J connectivity index is 1.54. The standard InChI is InChI=1S/C20H26N2O3/c1-2-24-17-9-7-16(8-10-17)14-20(23)21-15-18(19-6-5-13-25-19)22-11-3-4-12-22/h5-10,13,18H,2-4,11-12,14-15H2,1H3,(H,21,23). The van der Waals surface area contributed by atoms with Crippen LogP contribution in [0.1, 0.15) is 37.1 Å². The summed E-state index contributed by atoms with van der Waals surface area (Å²) < 4.78 is 11.0. The van der Waals surface area contributed by atoms with E-state index in [0.717, 1.165) is 30.2 Å². The highest BCUT2D eigenvalue weighted by atomic mass is 16.5. The van der Waals surface area contributed by atoms with Gasteiger partial charge in [-0.25, -0.2) is 0 Å². The predicted octanol–water partition coefficient (Wildman–Crippen LogP) is 3.17. The summed E-state index contributed by atoms with van der Waals surface area (Å²) in [6, 6.07) is 11.7. The maximum absolute atomic E-state index is 12.3. The van der Waals surface area contributed by atoms with Crippen LogP contribution in [-0.4, -0.2) is 37.0 Å². The van der Waals surface area contributed by atoms with Crippen molar-refractivity contribution in [2.24, 2.45) is 0 Å². The number of furan rings is 1. The number of nitrogens with zero attached hydrogens (tertiary/aromatic N) is 1. The zero-order valence-electron chi connectivity index (χ0n) is 14.7. The number of hydrogen-bond donors (Lipinski definition) is 1. The number of carbonyl (C=O) groups excluding carboxylic acids is 1. The number of rotatable bonds is 8. The number of likely N-dealkylation sites (tertiary alicyclic amines) is 1. The molecule has 0 radical (unpaired) electrons. The van der Waals surface area contributed by atoms with Gasteiger partial charge in [0, 0.05) is 6.54 Å². The molecule has 134 valence electrons. The van der Waals surface area contributed by atoms with Crippen molar-refractivity contribution >= 4 is 5.91 Å². The summed E-state index contributed by atoms with van der Waals surface area (Å²) in [5, 5.41) is 3.06. The Bertz CT molecular complexity index is 646. The molecule has 1 fully saturated rings. The average molecular weight is 342 g/mol. The molecule has 25 heavy (non-hydrogen) atoms. The fraction of sp³-hybridized carbons (Fsp3) is 0.450. The zero-order chi connectivity index (χ0) is 17.5. The number of carbonyl (C=O) groups is 1. The highest BCUT2D eigenvalue weighted by molar-refractivity contribution is 5.78. The first-order valence-corrected chi connectivity index (χ1v) is 9.02. The Morgan fingerprint density at radius 3 is 2.64 bits per heavy atom. The molecular formula is C20H26N2O3. The summed E-state index contributed by atoms with van der Waals surface area (Å²) in [5.74, 6) is 1.78. The highest BCUT2D eigenvalue weighted by Gasteiger charge is 2.25. The number of benzene rings is 1. The largest absolute Gasteiger partial charge is 0.494 e. The molecule has 0 bridgehead atoms. The van der Waals surface area contributed by atoms with Crippen LogP contribution in [-0.2, 0) is 11.2 Å². The first-order chi connectivity index (χ1) is 12.3. The second-order valence-electron chi connectivity index (χ2n) is 6.33. The van der Waals surface area contributed by atoms with E-state index >= 15 is 0 Å². The third-order valence-electron chi connectivity index (χ3n) is 4.54. The molecule has 0 aliphatic carbocycles. The molecule has 1 aromatic carbocycles. The second kappa shape index (κ2) is 8.72. The third kappa shape index (κ3) is 4.86. The summed E-state index contributed by atoms with van der Waals surface area (Å²) in [7, 11) is 0. The number of ether oxygens (including phenoxy) is 1. The average Bonchev–Trinajstić information content (AvgIpc) is 3.31. The molecule has 2 heterocycles. The molecule has 1 N–H and O–H groups in total. The van der Waals surface area contributed by atoms with E-state index in [0.29, 0.717) is 19.6 Å². The molecule has 5 nitrogen and oxygen atoms in total. The molecule has 1 aromatic heterocycles. The van der Waals surface area contributed by atoms with Gasteiger partial charge in [-0.15, -0.1) is 0 Å². The third-order valence-corrected chi connectivity index (χ3v) is 4.54. The van der Waals surface area contributed by atoms with Crippen LogP contribution < -0.4 is 10.1 Å². The molecule has 1 saturated heterocycles. The fourth-order valence-corrected chi connectivity index (χ4v) is 3.27. The number of hydrogen-bond acceptors (Lipinski definition) is 4. The maximum atomic E-state index is 12.3. The summed E-state index contributed by atoms with van der Waals surface area (Å²) in [6.07, 6.45) is 4.48. The second-order valence-corrected chi connectivity index (χ2v) is 6.33.